The summed E-state index contributed by atoms with van der Waals surface area (Å²) in [4.78, 5) is 11.0. The van der Waals surface area contributed by atoms with Crippen LogP contribution in [0, 0.1) is 5.41 Å². The van der Waals surface area contributed by atoms with Crippen LogP contribution in [-0.4, -0.2) is 34.5 Å². The molecule has 1 aromatic carbocycles. The van der Waals surface area contributed by atoms with Crippen molar-refractivity contribution < 1.29 is 20.1 Å². The van der Waals surface area contributed by atoms with Gasteiger partial charge in [0.2, 0.25) is 0 Å². The Balaban J connectivity index is 2.67. The molecule has 0 spiro atoms. The summed E-state index contributed by atoms with van der Waals surface area (Å²) < 4.78 is 0. The van der Waals surface area contributed by atoms with Crippen LogP contribution in [0.3, 0.4) is 0 Å². The van der Waals surface area contributed by atoms with Crippen LogP contribution in [0.25, 0.3) is 0 Å². The molecule has 88 valence electrons. The lowest BCUT2D eigenvalue weighted by molar-refractivity contribution is -0.155. The summed E-state index contributed by atoms with van der Waals surface area (Å²) in [6, 6.07) is 9.40. The standard InChI is InChI=1S/C12H16O4/c13-8-12(9-14,11(15)16)7-6-10-4-2-1-3-5-10/h1-5,13-14H,6-9H2,(H,15,16). The van der Waals surface area contributed by atoms with E-state index in [1.807, 2.05) is 30.3 Å². The van der Waals surface area contributed by atoms with E-state index in [9.17, 15) is 4.79 Å². The number of aliphatic carboxylic acids is 1. The van der Waals surface area contributed by atoms with Crippen LogP contribution in [-0.2, 0) is 11.2 Å². The molecule has 0 saturated carbocycles. The van der Waals surface area contributed by atoms with Gasteiger partial charge in [-0.25, -0.2) is 0 Å². The average Bonchev–Trinajstić information content (AvgIpc) is 2.32. The van der Waals surface area contributed by atoms with Gasteiger partial charge in [0.15, 0.2) is 0 Å². The lowest BCUT2D eigenvalue weighted by Crippen LogP contribution is -2.39. The second kappa shape index (κ2) is 5.63. The van der Waals surface area contributed by atoms with Gasteiger partial charge in [-0.3, -0.25) is 4.79 Å². The summed E-state index contributed by atoms with van der Waals surface area (Å²) in [7, 11) is 0. The fraction of sp³-hybridized carbons (Fsp3) is 0.417. The predicted molar refractivity (Wildman–Crippen MR) is 59.0 cm³/mol. The van der Waals surface area contributed by atoms with Crippen molar-refractivity contribution in [1.82, 2.24) is 0 Å². The first-order valence-electron chi connectivity index (χ1n) is 5.14. The van der Waals surface area contributed by atoms with Crippen LogP contribution in [0.5, 0.6) is 0 Å². The number of carbonyl (C=O) groups is 1. The van der Waals surface area contributed by atoms with Gasteiger partial charge in [-0.15, -0.1) is 0 Å². The summed E-state index contributed by atoms with van der Waals surface area (Å²) in [5, 5.41) is 27.2. The molecule has 1 rings (SSSR count). The van der Waals surface area contributed by atoms with E-state index in [1.54, 1.807) is 0 Å². The van der Waals surface area contributed by atoms with Crippen LogP contribution < -0.4 is 0 Å². The zero-order chi connectivity index (χ0) is 12.0. The molecule has 0 saturated heterocycles. The van der Waals surface area contributed by atoms with Gasteiger partial charge < -0.3 is 15.3 Å². The summed E-state index contributed by atoms with van der Waals surface area (Å²) in [6.07, 6.45) is 0.744. The molecule has 0 fully saturated rings. The minimum Gasteiger partial charge on any atom is -0.481 e. The quantitative estimate of drug-likeness (QED) is 0.664. The fourth-order valence-electron chi connectivity index (χ4n) is 1.48. The first-order chi connectivity index (χ1) is 7.64. The third-order valence-electron chi connectivity index (χ3n) is 2.79. The van der Waals surface area contributed by atoms with E-state index in [-0.39, 0.29) is 6.42 Å². The maximum Gasteiger partial charge on any atom is 0.314 e. The van der Waals surface area contributed by atoms with Gasteiger partial charge >= 0.3 is 5.97 Å². The number of benzene rings is 1. The van der Waals surface area contributed by atoms with Gasteiger partial charge in [0.05, 0.1) is 13.2 Å². The molecule has 0 unspecified atom stereocenters. The second-order valence-electron chi connectivity index (χ2n) is 3.89. The number of carboxylic acids is 1. The molecular formula is C12H16O4. The Kier molecular flexibility index (Phi) is 4.46. The lowest BCUT2D eigenvalue weighted by atomic mass is 9.84. The average molecular weight is 224 g/mol. The molecule has 4 heteroatoms. The molecule has 0 bridgehead atoms. The monoisotopic (exact) mass is 224 g/mol. The fourth-order valence-corrected chi connectivity index (χ4v) is 1.48. The van der Waals surface area contributed by atoms with E-state index < -0.39 is 24.6 Å². The Hall–Kier alpha value is -1.39. The number of hydrogen-bond acceptors (Lipinski definition) is 3. The summed E-state index contributed by atoms with van der Waals surface area (Å²) in [6.45, 7) is -1.10. The van der Waals surface area contributed by atoms with Crippen molar-refractivity contribution in [2.45, 2.75) is 12.8 Å². The first-order valence-corrected chi connectivity index (χ1v) is 5.14. The Morgan fingerprint density at radius 1 is 1.12 bits per heavy atom. The van der Waals surface area contributed by atoms with E-state index in [0.29, 0.717) is 6.42 Å². The minimum atomic E-state index is -1.43. The van der Waals surface area contributed by atoms with Crippen molar-refractivity contribution in [1.29, 1.82) is 0 Å². The Bertz CT molecular complexity index is 330. The van der Waals surface area contributed by atoms with Crippen LogP contribution in [0.1, 0.15) is 12.0 Å². The van der Waals surface area contributed by atoms with E-state index in [4.69, 9.17) is 15.3 Å². The van der Waals surface area contributed by atoms with Crippen LogP contribution in [0.4, 0.5) is 0 Å². The second-order valence-corrected chi connectivity index (χ2v) is 3.89. The third kappa shape index (κ3) is 2.81. The smallest absolute Gasteiger partial charge is 0.314 e. The lowest BCUT2D eigenvalue weighted by Gasteiger charge is -2.24. The van der Waals surface area contributed by atoms with Crippen molar-refractivity contribution in [3.05, 3.63) is 35.9 Å². The maximum absolute atomic E-state index is 11.0. The first kappa shape index (κ1) is 12.7. The zero-order valence-corrected chi connectivity index (χ0v) is 8.97. The number of carboxylic acid groups (broad SMARTS) is 1. The Morgan fingerprint density at radius 2 is 1.69 bits per heavy atom. The zero-order valence-electron chi connectivity index (χ0n) is 8.97. The molecule has 0 aliphatic heterocycles. The minimum absolute atomic E-state index is 0.222. The Morgan fingerprint density at radius 3 is 2.12 bits per heavy atom. The number of rotatable bonds is 6. The van der Waals surface area contributed by atoms with Crippen LogP contribution in [0.2, 0.25) is 0 Å². The molecule has 0 aliphatic rings. The van der Waals surface area contributed by atoms with Gasteiger partial charge in [0.1, 0.15) is 5.41 Å². The predicted octanol–water partition coefficient (Wildman–Crippen LogP) is 0.675. The number of aryl methyl sites for hydroxylation is 1. The van der Waals surface area contributed by atoms with E-state index >= 15 is 0 Å². The Labute approximate surface area is 94.2 Å². The molecule has 0 atom stereocenters. The molecule has 0 heterocycles. The van der Waals surface area contributed by atoms with Crippen LogP contribution in [0.15, 0.2) is 30.3 Å². The maximum atomic E-state index is 11.0. The normalized spacial score (nSPS) is 11.4. The SMILES string of the molecule is O=C(O)C(CO)(CO)CCc1ccccc1. The van der Waals surface area contributed by atoms with Gasteiger partial charge in [-0.2, -0.15) is 0 Å². The highest BCUT2D eigenvalue weighted by Crippen LogP contribution is 2.23. The highest BCUT2D eigenvalue weighted by Gasteiger charge is 2.36. The number of hydrogen-bond donors (Lipinski definition) is 3. The van der Waals surface area contributed by atoms with Gasteiger partial charge in [-0.05, 0) is 18.4 Å². The third-order valence-corrected chi connectivity index (χ3v) is 2.79. The van der Waals surface area contributed by atoms with E-state index in [0.717, 1.165) is 5.56 Å². The molecule has 1 aromatic rings. The highest BCUT2D eigenvalue weighted by atomic mass is 16.4. The summed E-state index contributed by atoms with van der Waals surface area (Å²) >= 11 is 0. The number of aliphatic hydroxyl groups is 2. The van der Waals surface area contributed by atoms with Crippen LogP contribution >= 0.6 is 0 Å². The number of aliphatic hydroxyl groups excluding tert-OH is 2. The van der Waals surface area contributed by atoms with Crippen molar-refractivity contribution in [2.75, 3.05) is 13.2 Å². The molecule has 3 N–H and O–H groups in total. The van der Waals surface area contributed by atoms with Gasteiger partial charge in [-0.1, -0.05) is 30.3 Å². The molecule has 0 aliphatic carbocycles. The van der Waals surface area contributed by atoms with Crippen molar-refractivity contribution in [3.63, 3.8) is 0 Å². The van der Waals surface area contributed by atoms with E-state index in [2.05, 4.69) is 0 Å². The van der Waals surface area contributed by atoms with Crippen molar-refractivity contribution in [2.24, 2.45) is 5.41 Å². The van der Waals surface area contributed by atoms with Crippen molar-refractivity contribution >= 4 is 5.97 Å². The van der Waals surface area contributed by atoms with Crippen molar-refractivity contribution in [3.8, 4) is 0 Å². The summed E-state index contributed by atoms with van der Waals surface area (Å²) in [5.41, 5.74) is -0.439. The molecule has 0 aromatic heterocycles. The van der Waals surface area contributed by atoms with E-state index in [1.165, 1.54) is 0 Å². The highest BCUT2D eigenvalue weighted by molar-refractivity contribution is 5.75. The largest absolute Gasteiger partial charge is 0.481 e. The molecule has 4 nitrogen and oxygen atoms in total. The topological polar surface area (TPSA) is 77.8 Å². The molecule has 0 amide bonds. The van der Waals surface area contributed by atoms with Gasteiger partial charge in [0.25, 0.3) is 0 Å². The molecule has 16 heavy (non-hydrogen) atoms. The summed E-state index contributed by atoms with van der Waals surface area (Å²) in [5.74, 6) is -1.16. The van der Waals surface area contributed by atoms with Gasteiger partial charge in [0, 0.05) is 0 Å². The molecular weight excluding hydrogens is 208 g/mol. The molecule has 0 radical (unpaired) electrons.